The third kappa shape index (κ3) is 4.81. The van der Waals surface area contributed by atoms with E-state index in [2.05, 4.69) is 10.3 Å². The smallest absolute Gasteiger partial charge is 0.252 e. The predicted octanol–water partition coefficient (Wildman–Crippen LogP) is 3.67. The molecule has 0 unspecified atom stereocenters. The number of nitrogens with one attached hydrogen (secondary N) is 1. The van der Waals surface area contributed by atoms with Gasteiger partial charge in [-0.15, -0.1) is 11.3 Å². The molecular formula is C15H17ClN2O2S. The maximum absolute atomic E-state index is 11.5. The number of rotatable bonds is 6. The highest BCUT2D eigenvalue weighted by Crippen LogP contribution is 2.23. The van der Waals surface area contributed by atoms with E-state index in [1.165, 1.54) is 11.3 Å². The molecule has 1 aromatic heterocycles. The van der Waals surface area contributed by atoms with Gasteiger partial charge in [-0.25, -0.2) is 4.98 Å². The molecule has 21 heavy (non-hydrogen) atoms. The van der Waals surface area contributed by atoms with Crippen LogP contribution in [0.4, 0.5) is 5.13 Å². The molecule has 6 heteroatoms. The molecule has 0 saturated carbocycles. The fourth-order valence-corrected chi connectivity index (χ4v) is 2.81. The molecule has 0 fully saturated rings. The largest absolute Gasteiger partial charge is 0.372 e. The summed E-state index contributed by atoms with van der Waals surface area (Å²) < 4.78 is 5.04. The van der Waals surface area contributed by atoms with Crippen LogP contribution in [0.3, 0.4) is 0 Å². The quantitative estimate of drug-likeness (QED) is 0.882. The van der Waals surface area contributed by atoms with Gasteiger partial charge in [-0.2, -0.15) is 0 Å². The Morgan fingerprint density at radius 3 is 3.00 bits per heavy atom. The molecule has 1 N–H and O–H groups in total. The minimum absolute atomic E-state index is 0.0545. The molecule has 112 valence electrons. The van der Waals surface area contributed by atoms with E-state index in [9.17, 15) is 4.79 Å². The lowest BCUT2D eigenvalue weighted by molar-refractivity contribution is -0.120. The molecule has 1 heterocycles. The Morgan fingerprint density at radius 2 is 2.29 bits per heavy atom. The average molecular weight is 325 g/mol. The van der Waals surface area contributed by atoms with Crippen molar-refractivity contribution >= 4 is 34.0 Å². The van der Waals surface area contributed by atoms with Crippen LogP contribution in [-0.4, -0.2) is 24.1 Å². The van der Waals surface area contributed by atoms with E-state index in [4.69, 9.17) is 16.3 Å². The van der Waals surface area contributed by atoms with Gasteiger partial charge in [0.15, 0.2) is 5.13 Å². The van der Waals surface area contributed by atoms with Gasteiger partial charge < -0.3 is 4.74 Å². The van der Waals surface area contributed by atoms with Crippen molar-refractivity contribution in [1.29, 1.82) is 0 Å². The van der Waals surface area contributed by atoms with Crippen LogP contribution < -0.4 is 5.32 Å². The number of thiazole rings is 1. The Labute approximate surface area is 133 Å². The van der Waals surface area contributed by atoms with E-state index in [1.54, 1.807) is 6.20 Å². The maximum atomic E-state index is 11.5. The van der Waals surface area contributed by atoms with E-state index in [-0.39, 0.29) is 12.5 Å². The lowest BCUT2D eigenvalue weighted by Crippen LogP contribution is -2.17. The first kappa shape index (κ1) is 15.9. The molecule has 0 atom stereocenters. The molecule has 0 aliphatic heterocycles. The molecule has 0 bridgehead atoms. The van der Waals surface area contributed by atoms with Crippen molar-refractivity contribution in [1.82, 2.24) is 4.98 Å². The molecule has 4 nitrogen and oxygen atoms in total. The fourth-order valence-electron chi connectivity index (χ4n) is 1.74. The minimum atomic E-state index is -0.184. The van der Waals surface area contributed by atoms with Crippen LogP contribution >= 0.6 is 22.9 Å². The summed E-state index contributed by atoms with van der Waals surface area (Å²) in [6, 6.07) is 6.02. The van der Waals surface area contributed by atoms with Crippen molar-refractivity contribution in [3.63, 3.8) is 0 Å². The van der Waals surface area contributed by atoms with Gasteiger partial charge in [-0.05, 0) is 31.0 Å². The summed E-state index contributed by atoms with van der Waals surface area (Å²) in [6.45, 7) is 4.40. The van der Waals surface area contributed by atoms with Crippen LogP contribution in [0.25, 0.3) is 0 Å². The monoisotopic (exact) mass is 324 g/mol. The van der Waals surface area contributed by atoms with Gasteiger partial charge in [-0.3, -0.25) is 10.1 Å². The topological polar surface area (TPSA) is 51.2 Å². The van der Waals surface area contributed by atoms with Crippen molar-refractivity contribution in [2.45, 2.75) is 20.3 Å². The Bertz CT molecular complexity index is 628. The molecule has 0 aliphatic carbocycles. The summed E-state index contributed by atoms with van der Waals surface area (Å²) in [5, 5.41) is 4.08. The molecular weight excluding hydrogens is 308 g/mol. The second-order valence-electron chi connectivity index (χ2n) is 4.58. The SMILES string of the molecule is CCOCC(=O)Nc1ncc(Cc2ccc(C)c(Cl)c2)s1. The van der Waals surface area contributed by atoms with Gasteiger partial charge in [0.25, 0.3) is 5.91 Å². The summed E-state index contributed by atoms with van der Waals surface area (Å²) in [5.41, 5.74) is 2.19. The summed E-state index contributed by atoms with van der Waals surface area (Å²) in [5.74, 6) is -0.184. The number of amides is 1. The molecule has 1 amide bonds. The zero-order chi connectivity index (χ0) is 15.2. The van der Waals surface area contributed by atoms with Crippen LogP contribution in [0.15, 0.2) is 24.4 Å². The van der Waals surface area contributed by atoms with Gasteiger partial charge in [0.1, 0.15) is 6.61 Å². The number of carbonyl (C=O) groups is 1. The lowest BCUT2D eigenvalue weighted by atomic mass is 10.1. The van der Waals surface area contributed by atoms with Gasteiger partial charge in [0, 0.05) is 29.1 Å². The zero-order valence-electron chi connectivity index (χ0n) is 12.0. The van der Waals surface area contributed by atoms with Crippen molar-refractivity contribution in [2.24, 2.45) is 0 Å². The minimum Gasteiger partial charge on any atom is -0.372 e. The first-order valence-corrected chi connectivity index (χ1v) is 7.85. The third-order valence-electron chi connectivity index (χ3n) is 2.85. The Hall–Kier alpha value is -1.43. The Morgan fingerprint density at radius 1 is 1.48 bits per heavy atom. The first-order valence-electron chi connectivity index (χ1n) is 6.65. The molecule has 0 radical (unpaired) electrons. The second-order valence-corrected chi connectivity index (χ2v) is 6.10. The van der Waals surface area contributed by atoms with Crippen LogP contribution in [0.5, 0.6) is 0 Å². The van der Waals surface area contributed by atoms with Gasteiger partial charge in [0.05, 0.1) is 0 Å². The number of carbonyl (C=O) groups excluding carboxylic acids is 1. The number of aryl methyl sites for hydroxylation is 1. The number of hydrogen-bond acceptors (Lipinski definition) is 4. The molecule has 1 aromatic carbocycles. The highest BCUT2D eigenvalue weighted by molar-refractivity contribution is 7.15. The van der Waals surface area contributed by atoms with Crippen LogP contribution in [-0.2, 0) is 16.0 Å². The van der Waals surface area contributed by atoms with Crippen LogP contribution in [0, 0.1) is 6.92 Å². The summed E-state index contributed by atoms with van der Waals surface area (Å²) in [6.07, 6.45) is 2.52. The first-order chi connectivity index (χ1) is 10.1. The molecule has 2 aromatic rings. The van der Waals surface area contributed by atoms with E-state index >= 15 is 0 Å². The van der Waals surface area contributed by atoms with Crippen molar-refractivity contribution in [3.05, 3.63) is 45.4 Å². The van der Waals surface area contributed by atoms with Gasteiger partial charge in [0.2, 0.25) is 0 Å². The van der Waals surface area contributed by atoms with Crippen molar-refractivity contribution in [2.75, 3.05) is 18.5 Å². The van der Waals surface area contributed by atoms with Crippen molar-refractivity contribution < 1.29 is 9.53 Å². The number of hydrogen-bond donors (Lipinski definition) is 1. The van der Waals surface area contributed by atoms with Crippen LogP contribution in [0.2, 0.25) is 5.02 Å². The standard InChI is InChI=1S/C15H17ClN2O2S/c1-3-20-9-14(19)18-15-17-8-12(21-15)6-11-5-4-10(2)13(16)7-11/h4-5,7-8H,3,6,9H2,1-2H3,(H,17,18,19). The third-order valence-corrected chi connectivity index (χ3v) is 4.17. The number of anilines is 1. The molecule has 0 spiro atoms. The normalized spacial score (nSPS) is 10.6. The highest BCUT2D eigenvalue weighted by Gasteiger charge is 2.08. The maximum Gasteiger partial charge on any atom is 0.252 e. The van der Waals surface area contributed by atoms with E-state index in [1.807, 2.05) is 32.0 Å². The number of aromatic nitrogens is 1. The van der Waals surface area contributed by atoms with E-state index < -0.39 is 0 Å². The molecule has 2 rings (SSSR count). The number of nitrogens with zero attached hydrogens (tertiary/aromatic N) is 1. The lowest BCUT2D eigenvalue weighted by Gasteiger charge is -2.02. The average Bonchev–Trinajstić information content (AvgIpc) is 2.88. The van der Waals surface area contributed by atoms with Gasteiger partial charge in [-0.1, -0.05) is 23.7 Å². The van der Waals surface area contributed by atoms with Crippen molar-refractivity contribution in [3.8, 4) is 0 Å². The second kappa shape index (κ2) is 7.54. The fraction of sp³-hybridized carbons (Fsp3) is 0.333. The molecule has 0 aliphatic rings. The molecule has 0 saturated heterocycles. The summed E-state index contributed by atoms with van der Waals surface area (Å²) in [7, 11) is 0. The highest BCUT2D eigenvalue weighted by atomic mass is 35.5. The van der Waals surface area contributed by atoms with Gasteiger partial charge >= 0.3 is 0 Å². The van der Waals surface area contributed by atoms with E-state index in [0.717, 1.165) is 27.4 Å². The predicted molar refractivity (Wildman–Crippen MR) is 86.2 cm³/mol. The summed E-state index contributed by atoms with van der Waals surface area (Å²) >= 11 is 7.58. The Balaban J connectivity index is 1.96. The number of halogens is 1. The Kier molecular flexibility index (Phi) is 5.73. The van der Waals surface area contributed by atoms with E-state index in [0.29, 0.717) is 11.7 Å². The summed E-state index contributed by atoms with van der Waals surface area (Å²) in [4.78, 5) is 16.8. The number of ether oxygens (including phenoxy) is 1. The number of benzene rings is 1. The van der Waals surface area contributed by atoms with Crippen LogP contribution in [0.1, 0.15) is 22.9 Å². The zero-order valence-corrected chi connectivity index (χ0v) is 13.6.